The Morgan fingerprint density at radius 1 is 0.293 bits per heavy atom. The maximum atomic E-state index is 5.14. The van der Waals surface area contributed by atoms with Gasteiger partial charge in [-0.05, 0) is 58.6 Å². The SMILES string of the molecule is c1ccc(-c2nc(-c3ccccc3)nc(-c3cccc4c(-n5c6ccc7ccccc7c6c6c7c8ccccc8n(-c8ccccc8)c7ccc65)cccc34)n2)cc1. The summed E-state index contributed by atoms with van der Waals surface area (Å²) in [5.41, 5.74) is 9.78. The van der Waals surface area contributed by atoms with Crippen molar-refractivity contribution < 1.29 is 0 Å². The van der Waals surface area contributed by atoms with Gasteiger partial charge in [-0.3, -0.25) is 0 Å². The van der Waals surface area contributed by atoms with Gasteiger partial charge in [0.15, 0.2) is 17.5 Å². The molecule has 0 amide bonds. The molecule has 3 aromatic heterocycles. The lowest BCUT2D eigenvalue weighted by Crippen LogP contribution is -2.01. The molecule has 0 spiro atoms. The smallest absolute Gasteiger partial charge is 0.164 e. The van der Waals surface area contributed by atoms with E-state index in [0.717, 1.165) is 49.9 Å². The average molecular weight is 740 g/mol. The lowest BCUT2D eigenvalue weighted by atomic mass is 10.0. The van der Waals surface area contributed by atoms with Gasteiger partial charge in [0.1, 0.15) is 0 Å². The molecule has 0 saturated carbocycles. The summed E-state index contributed by atoms with van der Waals surface area (Å²) in [6.45, 7) is 0. The predicted molar refractivity (Wildman–Crippen MR) is 240 cm³/mol. The van der Waals surface area contributed by atoms with Crippen LogP contribution in [0.1, 0.15) is 0 Å². The Morgan fingerprint density at radius 3 is 1.55 bits per heavy atom. The van der Waals surface area contributed by atoms with E-state index in [2.05, 4.69) is 173 Å². The first-order valence-corrected chi connectivity index (χ1v) is 19.6. The van der Waals surface area contributed by atoms with Crippen molar-refractivity contribution >= 4 is 65.2 Å². The van der Waals surface area contributed by atoms with Gasteiger partial charge in [0.25, 0.3) is 0 Å². The van der Waals surface area contributed by atoms with Crippen molar-refractivity contribution in [3.63, 3.8) is 0 Å². The molecular formula is C53H33N5. The number of aromatic nitrogens is 5. The van der Waals surface area contributed by atoms with Gasteiger partial charge < -0.3 is 9.13 Å². The summed E-state index contributed by atoms with van der Waals surface area (Å²) < 4.78 is 4.88. The number of hydrogen-bond donors (Lipinski definition) is 0. The Morgan fingerprint density at radius 2 is 0.810 bits per heavy atom. The van der Waals surface area contributed by atoms with Crippen LogP contribution in [0.2, 0.25) is 0 Å². The predicted octanol–water partition coefficient (Wildman–Crippen LogP) is 13.4. The summed E-state index contributed by atoms with van der Waals surface area (Å²) in [4.78, 5) is 15.2. The van der Waals surface area contributed by atoms with Gasteiger partial charge in [0, 0.05) is 49.3 Å². The summed E-state index contributed by atoms with van der Waals surface area (Å²) >= 11 is 0. The van der Waals surface area contributed by atoms with Crippen molar-refractivity contribution in [3.05, 3.63) is 200 Å². The highest BCUT2D eigenvalue weighted by atomic mass is 15.0. The summed E-state index contributed by atoms with van der Waals surface area (Å²) in [5, 5.41) is 9.63. The van der Waals surface area contributed by atoms with Gasteiger partial charge in [-0.25, -0.2) is 15.0 Å². The first-order valence-electron chi connectivity index (χ1n) is 19.6. The van der Waals surface area contributed by atoms with Crippen LogP contribution in [0.4, 0.5) is 0 Å². The zero-order valence-electron chi connectivity index (χ0n) is 31.3. The molecule has 58 heavy (non-hydrogen) atoms. The van der Waals surface area contributed by atoms with E-state index in [1.165, 1.54) is 43.4 Å². The molecule has 0 radical (unpaired) electrons. The molecule has 5 nitrogen and oxygen atoms in total. The Labute approximate surface area is 333 Å². The lowest BCUT2D eigenvalue weighted by molar-refractivity contribution is 1.08. The summed E-state index contributed by atoms with van der Waals surface area (Å²) in [6.07, 6.45) is 0. The molecule has 3 heterocycles. The van der Waals surface area contributed by atoms with E-state index in [1.807, 2.05) is 36.4 Å². The van der Waals surface area contributed by atoms with Crippen LogP contribution in [0.15, 0.2) is 200 Å². The standard InChI is InChI=1S/C53H33N5/c1-4-17-35(18-5-1)51-54-52(36-19-6-2-7-20-36)56-53(55-51)41-27-14-26-40-39(41)25-15-29-43(40)58-46-31-30-34-16-10-11-23-38(34)48(46)50-47(58)33-32-45-49(50)42-24-12-13-28-44(42)57(45)37-21-8-3-9-22-37/h1-33H. The highest BCUT2D eigenvalue weighted by Crippen LogP contribution is 2.45. The van der Waals surface area contributed by atoms with Crippen molar-refractivity contribution in [3.8, 4) is 45.5 Å². The molecule has 0 fully saturated rings. The molecule has 0 aliphatic rings. The molecule has 5 heteroatoms. The molecule has 0 atom stereocenters. The fourth-order valence-corrected chi connectivity index (χ4v) is 9.05. The number of nitrogens with zero attached hydrogens (tertiary/aromatic N) is 5. The third-order valence-corrected chi connectivity index (χ3v) is 11.6. The Bertz CT molecular complexity index is 3490. The van der Waals surface area contributed by atoms with E-state index < -0.39 is 0 Å². The van der Waals surface area contributed by atoms with Crippen molar-refractivity contribution in [2.45, 2.75) is 0 Å². The Kier molecular flexibility index (Phi) is 7.16. The quantitative estimate of drug-likeness (QED) is 0.177. The second-order valence-corrected chi connectivity index (χ2v) is 14.8. The fraction of sp³-hybridized carbons (Fsp3) is 0. The van der Waals surface area contributed by atoms with Crippen molar-refractivity contribution in [1.29, 1.82) is 0 Å². The zero-order valence-corrected chi connectivity index (χ0v) is 31.3. The van der Waals surface area contributed by atoms with Crippen LogP contribution < -0.4 is 0 Å². The van der Waals surface area contributed by atoms with Crippen LogP contribution >= 0.6 is 0 Å². The first-order chi connectivity index (χ1) is 28.8. The maximum Gasteiger partial charge on any atom is 0.164 e. The lowest BCUT2D eigenvalue weighted by Gasteiger charge is -2.15. The van der Waals surface area contributed by atoms with Crippen LogP contribution in [-0.2, 0) is 0 Å². The molecule has 0 bridgehead atoms. The van der Waals surface area contributed by atoms with Crippen molar-refractivity contribution in [1.82, 2.24) is 24.1 Å². The second-order valence-electron chi connectivity index (χ2n) is 14.8. The van der Waals surface area contributed by atoms with E-state index in [1.54, 1.807) is 0 Å². The minimum atomic E-state index is 0.638. The van der Waals surface area contributed by atoms with Crippen LogP contribution in [0, 0.1) is 0 Å². The Hall–Kier alpha value is -7.89. The highest BCUT2D eigenvalue weighted by molar-refractivity contribution is 6.33. The summed E-state index contributed by atoms with van der Waals surface area (Å²) in [7, 11) is 0. The fourth-order valence-electron chi connectivity index (χ4n) is 9.05. The molecule has 0 saturated heterocycles. The van der Waals surface area contributed by atoms with E-state index >= 15 is 0 Å². The number of rotatable bonds is 5. The summed E-state index contributed by atoms with van der Waals surface area (Å²) in [5.74, 6) is 1.93. The van der Waals surface area contributed by atoms with Crippen molar-refractivity contribution in [2.24, 2.45) is 0 Å². The molecule has 270 valence electrons. The van der Waals surface area contributed by atoms with Crippen LogP contribution in [0.3, 0.4) is 0 Å². The minimum Gasteiger partial charge on any atom is -0.309 e. The van der Waals surface area contributed by atoms with Crippen LogP contribution in [0.5, 0.6) is 0 Å². The highest BCUT2D eigenvalue weighted by Gasteiger charge is 2.23. The normalized spacial score (nSPS) is 11.8. The second kappa shape index (κ2) is 12.8. The van der Waals surface area contributed by atoms with Gasteiger partial charge in [-0.15, -0.1) is 0 Å². The number of para-hydroxylation sites is 2. The molecule has 0 aliphatic heterocycles. The number of fused-ring (bicyclic) bond motifs is 10. The molecule has 12 aromatic rings. The average Bonchev–Trinajstić information content (AvgIpc) is 3.82. The third kappa shape index (κ3) is 4.87. The van der Waals surface area contributed by atoms with Gasteiger partial charge in [0.05, 0.1) is 27.8 Å². The molecule has 0 aliphatic carbocycles. The molecule has 9 aromatic carbocycles. The number of hydrogen-bond acceptors (Lipinski definition) is 3. The summed E-state index contributed by atoms with van der Waals surface area (Å²) in [6, 6.07) is 70.9. The molecule has 0 unspecified atom stereocenters. The maximum absolute atomic E-state index is 5.14. The topological polar surface area (TPSA) is 48.5 Å². The molecule has 0 N–H and O–H groups in total. The Balaban J connectivity index is 1.17. The van der Waals surface area contributed by atoms with Gasteiger partial charge >= 0.3 is 0 Å². The van der Waals surface area contributed by atoms with Gasteiger partial charge in [0.2, 0.25) is 0 Å². The van der Waals surface area contributed by atoms with E-state index in [0.29, 0.717) is 17.5 Å². The van der Waals surface area contributed by atoms with E-state index in [4.69, 9.17) is 15.0 Å². The van der Waals surface area contributed by atoms with E-state index in [9.17, 15) is 0 Å². The zero-order chi connectivity index (χ0) is 38.2. The van der Waals surface area contributed by atoms with Crippen molar-refractivity contribution in [2.75, 3.05) is 0 Å². The minimum absolute atomic E-state index is 0.638. The monoisotopic (exact) mass is 739 g/mol. The largest absolute Gasteiger partial charge is 0.309 e. The van der Waals surface area contributed by atoms with Crippen LogP contribution in [0.25, 0.3) is 111 Å². The molecule has 12 rings (SSSR count). The van der Waals surface area contributed by atoms with Crippen LogP contribution in [-0.4, -0.2) is 24.1 Å². The van der Waals surface area contributed by atoms with Gasteiger partial charge in [-0.2, -0.15) is 0 Å². The van der Waals surface area contributed by atoms with Gasteiger partial charge in [-0.1, -0.05) is 158 Å². The van der Waals surface area contributed by atoms with E-state index in [-0.39, 0.29) is 0 Å². The third-order valence-electron chi connectivity index (χ3n) is 11.6. The number of benzene rings is 9. The molecular weight excluding hydrogens is 707 g/mol. The first kappa shape index (κ1) is 32.4.